The number of amides is 2. The lowest BCUT2D eigenvalue weighted by Gasteiger charge is -2.60. The molecule has 0 radical (unpaired) electrons. The first kappa shape index (κ1) is 21.8. The van der Waals surface area contributed by atoms with Gasteiger partial charge in [-0.1, -0.05) is 39.0 Å². The molecule has 2 aliphatic heterocycles. The minimum absolute atomic E-state index is 0.0493. The maximum absolute atomic E-state index is 13.6. The highest BCUT2D eigenvalue weighted by atomic mass is 16.3. The van der Waals surface area contributed by atoms with Crippen LogP contribution in [0.5, 0.6) is 11.5 Å². The minimum atomic E-state index is -0.181. The third-order valence-electron chi connectivity index (χ3n) is 8.75. The fourth-order valence-corrected chi connectivity index (χ4v) is 6.24. The normalized spacial score (nSPS) is 25.8. The van der Waals surface area contributed by atoms with Gasteiger partial charge in [0.25, 0.3) is 5.91 Å². The molecular formula is C27H32N2O4. The highest BCUT2D eigenvalue weighted by molar-refractivity contribution is 5.95. The largest absolute Gasteiger partial charge is 0.508 e. The second-order valence-corrected chi connectivity index (χ2v) is 10.6. The molecule has 2 bridgehead atoms. The summed E-state index contributed by atoms with van der Waals surface area (Å²) in [7, 11) is 0. The van der Waals surface area contributed by atoms with Crippen LogP contribution in [-0.4, -0.2) is 51.0 Å². The number of hydrogen-bond donors (Lipinski definition) is 2. The number of fused-ring (bicyclic) bond motifs is 4. The van der Waals surface area contributed by atoms with Crippen LogP contribution in [0.25, 0.3) is 0 Å². The van der Waals surface area contributed by atoms with Crippen LogP contribution < -0.4 is 0 Å². The number of phenols is 2. The molecule has 1 unspecified atom stereocenters. The smallest absolute Gasteiger partial charge is 0.254 e. The Kier molecular flexibility index (Phi) is 4.96. The van der Waals surface area contributed by atoms with Crippen molar-refractivity contribution >= 4 is 11.8 Å². The van der Waals surface area contributed by atoms with Gasteiger partial charge in [0.05, 0.1) is 0 Å². The Balaban J connectivity index is 1.44. The topological polar surface area (TPSA) is 81.1 Å². The van der Waals surface area contributed by atoms with Gasteiger partial charge in [0.15, 0.2) is 0 Å². The maximum atomic E-state index is 13.6. The fraction of sp³-hybridized carbons (Fsp3) is 0.481. The molecule has 2 saturated heterocycles. The van der Waals surface area contributed by atoms with Crippen molar-refractivity contribution in [1.29, 1.82) is 0 Å². The van der Waals surface area contributed by atoms with Gasteiger partial charge in [0.2, 0.25) is 5.91 Å². The van der Waals surface area contributed by atoms with Gasteiger partial charge in [-0.25, -0.2) is 0 Å². The van der Waals surface area contributed by atoms with E-state index in [0.29, 0.717) is 49.4 Å². The summed E-state index contributed by atoms with van der Waals surface area (Å²) in [5, 5.41) is 21.2. The van der Waals surface area contributed by atoms with Crippen LogP contribution in [0.2, 0.25) is 0 Å². The number of piperidine rings is 1. The van der Waals surface area contributed by atoms with Gasteiger partial charge >= 0.3 is 0 Å². The molecule has 0 saturated carbocycles. The molecule has 2 aromatic carbocycles. The van der Waals surface area contributed by atoms with Crippen molar-refractivity contribution in [2.75, 3.05) is 13.1 Å². The van der Waals surface area contributed by atoms with Crippen LogP contribution in [-0.2, 0) is 23.2 Å². The Bertz CT molecular complexity index is 1140. The molecule has 2 aromatic rings. The summed E-state index contributed by atoms with van der Waals surface area (Å²) >= 11 is 0. The van der Waals surface area contributed by atoms with E-state index in [4.69, 9.17) is 0 Å². The van der Waals surface area contributed by atoms with Crippen LogP contribution in [0.1, 0.15) is 67.1 Å². The summed E-state index contributed by atoms with van der Waals surface area (Å²) in [6.45, 7) is 8.39. The van der Waals surface area contributed by atoms with Crippen molar-refractivity contribution in [2.24, 2.45) is 5.41 Å². The van der Waals surface area contributed by atoms with Crippen LogP contribution in [0, 0.1) is 5.41 Å². The fourth-order valence-electron chi connectivity index (χ4n) is 6.24. The lowest BCUT2D eigenvalue weighted by molar-refractivity contribution is -0.128. The van der Waals surface area contributed by atoms with E-state index >= 15 is 0 Å². The van der Waals surface area contributed by atoms with E-state index in [1.807, 2.05) is 11.0 Å². The van der Waals surface area contributed by atoms with Gasteiger partial charge in [-0.2, -0.15) is 0 Å². The summed E-state index contributed by atoms with van der Waals surface area (Å²) in [5.74, 6) is 0.349. The van der Waals surface area contributed by atoms with Gasteiger partial charge in [0.1, 0.15) is 11.5 Å². The average Bonchev–Trinajstić information content (AvgIpc) is 3.17. The summed E-state index contributed by atoms with van der Waals surface area (Å²) in [6.07, 6.45) is 2.82. The summed E-state index contributed by atoms with van der Waals surface area (Å²) in [4.78, 5) is 29.2. The predicted molar refractivity (Wildman–Crippen MR) is 125 cm³/mol. The number of carbonyl (C=O) groups is 2. The van der Waals surface area contributed by atoms with Crippen LogP contribution in [0.15, 0.2) is 36.4 Å². The first-order valence-electron chi connectivity index (χ1n) is 11.9. The molecule has 1 aliphatic carbocycles. The number of nitrogens with zero attached hydrogens (tertiary/aromatic N) is 2. The van der Waals surface area contributed by atoms with Crippen molar-refractivity contribution in [3.05, 3.63) is 58.7 Å². The quantitative estimate of drug-likeness (QED) is 0.744. The Labute approximate surface area is 194 Å². The monoisotopic (exact) mass is 448 g/mol. The van der Waals surface area contributed by atoms with E-state index in [1.165, 1.54) is 11.6 Å². The Morgan fingerprint density at radius 1 is 1.09 bits per heavy atom. The standard InChI is InChI=1S/C27H32N2O4/c1-26(2)23-15-19-20(6-4-7-21(19)30)27(26,3)11-13-29(23)25(33)17-9-10-18(22(31)14-17)16-28-12-5-8-24(28)32/h4,6-7,9-10,14,23,30-31H,5,8,11-13,15-16H2,1-3H3/t23?,27-/m0/s1. The van der Waals surface area contributed by atoms with Crippen LogP contribution in [0.3, 0.4) is 0 Å². The van der Waals surface area contributed by atoms with E-state index in [9.17, 15) is 19.8 Å². The molecule has 2 N–H and O–H groups in total. The summed E-state index contributed by atoms with van der Waals surface area (Å²) in [6, 6.07) is 10.7. The third kappa shape index (κ3) is 3.22. The average molecular weight is 449 g/mol. The Hall–Kier alpha value is -3.02. The van der Waals surface area contributed by atoms with Crippen molar-refractivity contribution in [1.82, 2.24) is 9.80 Å². The van der Waals surface area contributed by atoms with Crippen molar-refractivity contribution in [2.45, 2.75) is 64.5 Å². The van der Waals surface area contributed by atoms with Gasteiger partial charge in [-0.05, 0) is 54.0 Å². The van der Waals surface area contributed by atoms with E-state index < -0.39 is 0 Å². The highest BCUT2D eigenvalue weighted by Gasteiger charge is 2.57. The number of benzene rings is 2. The Morgan fingerprint density at radius 2 is 1.88 bits per heavy atom. The molecule has 2 atom stereocenters. The second-order valence-electron chi connectivity index (χ2n) is 10.6. The van der Waals surface area contributed by atoms with E-state index in [2.05, 4.69) is 26.8 Å². The molecular weight excluding hydrogens is 416 g/mol. The number of hydrogen-bond acceptors (Lipinski definition) is 4. The van der Waals surface area contributed by atoms with Gasteiger partial charge in [0, 0.05) is 48.6 Å². The van der Waals surface area contributed by atoms with Gasteiger partial charge < -0.3 is 20.0 Å². The van der Waals surface area contributed by atoms with Gasteiger partial charge in [-0.15, -0.1) is 0 Å². The zero-order chi connectivity index (χ0) is 23.5. The molecule has 2 fully saturated rings. The lowest BCUT2D eigenvalue weighted by atomic mass is 9.51. The number of aromatic hydroxyl groups is 2. The van der Waals surface area contributed by atoms with E-state index in [0.717, 1.165) is 18.4 Å². The molecule has 0 aromatic heterocycles. The Morgan fingerprint density at radius 3 is 2.58 bits per heavy atom. The van der Waals surface area contributed by atoms with E-state index in [1.54, 1.807) is 23.1 Å². The zero-order valence-electron chi connectivity index (χ0n) is 19.6. The second kappa shape index (κ2) is 7.51. The maximum Gasteiger partial charge on any atom is 0.254 e. The number of rotatable bonds is 3. The van der Waals surface area contributed by atoms with Crippen molar-refractivity contribution < 1.29 is 19.8 Å². The van der Waals surface area contributed by atoms with Crippen LogP contribution in [0.4, 0.5) is 0 Å². The number of carbonyl (C=O) groups excluding carboxylic acids is 2. The minimum Gasteiger partial charge on any atom is -0.508 e. The van der Waals surface area contributed by atoms with Crippen LogP contribution >= 0.6 is 0 Å². The SMILES string of the molecule is CC1(C)C2Cc3c(O)cccc3[C@]1(C)CCN2C(=O)c1ccc(CN2CCCC2=O)c(O)c1. The predicted octanol–water partition coefficient (Wildman–Crippen LogP) is 3.97. The molecule has 6 heteroatoms. The lowest BCUT2D eigenvalue weighted by Crippen LogP contribution is -2.64. The van der Waals surface area contributed by atoms with Crippen molar-refractivity contribution in [3.63, 3.8) is 0 Å². The molecule has 2 heterocycles. The summed E-state index contributed by atoms with van der Waals surface area (Å²) in [5.41, 5.74) is 2.91. The first-order valence-corrected chi connectivity index (χ1v) is 11.9. The zero-order valence-corrected chi connectivity index (χ0v) is 19.6. The van der Waals surface area contributed by atoms with E-state index in [-0.39, 0.29) is 34.4 Å². The highest BCUT2D eigenvalue weighted by Crippen LogP contribution is 2.57. The third-order valence-corrected chi connectivity index (χ3v) is 8.75. The van der Waals surface area contributed by atoms with Gasteiger partial charge in [-0.3, -0.25) is 9.59 Å². The molecule has 2 amide bonds. The molecule has 174 valence electrons. The number of likely N-dealkylation sites (tertiary alicyclic amines) is 2. The molecule has 0 spiro atoms. The molecule has 6 nitrogen and oxygen atoms in total. The number of phenolic OH excluding ortho intramolecular Hbond substituents is 2. The van der Waals surface area contributed by atoms with Crippen molar-refractivity contribution in [3.8, 4) is 11.5 Å². The summed E-state index contributed by atoms with van der Waals surface area (Å²) < 4.78 is 0. The molecule has 3 aliphatic rings. The first-order chi connectivity index (χ1) is 15.6. The molecule has 33 heavy (non-hydrogen) atoms. The molecule has 5 rings (SSSR count).